The van der Waals surface area contributed by atoms with Crippen molar-refractivity contribution in [1.82, 2.24) is 29.8 Å². The van der Waals surface area contributed by atoms with E-state index in [1.54, 1.807) is 16.4 Å². The van der Waals surface area contributed by atoms with Gasteiger partial charge in [-0.2, -0.15) is 13.8 Å². The zero-order chi connectivity index (χ0) is 20.1. The number of fused-ring (bicyclic) bond motifs is 1. The summed E-state index contributed by atoms with van der Waals surface area (Å²) in [4.78, 5) is 18.0. The maximum atomic E-state index is 13.3. The van der Waals surface area contributed by atoms with E-state index in [0.29, 0.717) is 31.4 Å². The molecule has 1 aliphatic heterocycles. The second kappa shape index (κ2) is 6.43. The first-order valence-corrected chi connectivity index (χ1v) is 8.47. The molecule has 4 rings (SSSR count). The molecule has 0 fully saturated rings. The topological polar surface area (TPSA) is 89.9 Å². The van der Waals surface area contributed by atoms with Gasteiger partial charge in [-0.1, -0.05) is 5.16 Å². The molecule has 8 nitrogen and oxygen atoms in total. The fourth-order valence-electron chi connectivity index (χ4n) is 3.07. The minimum absolute atomic E-state index is 0.165. The average molecular weight is 392 g/mol. The molecule has 11 heteroatoms. The Hall–Kier alpha value is -3.24. The lowest BCUT2D eigenvalue weighted by atomic mass is 10.1. The summed E-state index contributed by atoms with van der Waals surface area (Å²) in [6.45, 7) is 3.07. The van der Waals surface area contributed by atoms with Crippen molar-refractivity contribution in [3.63, 3.8) is 0 Å². The lowest BCUT2D eigenvalue weighted by Gasteiger charge is -2.33. The molecule has 0 saturated carbocycles. The van der Waals surface area contributed by atoms with Crippen molar-refractivity contribution in [2.75, 3.05) is 6.54 Å². The van der Waals surface area contributed by atoms with E-state index < -0.39 is 23.6 Å². The molecule has 0 radical (unpaired) electrons. The third kappa shape index (κ3) is 3.02. The van der Waals surface area contributed by atoms with Crippen molar-refractivity contribution in [1.29, 1.82) is 0 Å². The number of hydrogen-bond donors (Lipinski definition) is 0. The van der Waals surface area contributed by atoms with Gasteiger partial charge >= 0.3 is 5.92 Å². The monoisotopic (exact) mass is 392 g/mol. The van der Waals surface area contributed by atoms with Crippen molar-refractivity contribution in [3.8, 4) is 11.7 Å². The Balaban J connectivity index is 1.62. The normalized spacial score (nSPS) is 16.9. The quantitative estimate of drug-likeness (QED) is 0.681. The molecular formula is C17H15F3N6O2. The Labute approximate surface area is 157 Å². The predicted molar refractivity (Wildman–Crippen MR) is 88.7 cm³/mol. The van der Waals surface area contributed by atoms with Gasteiger partial charge in [-0.15, -0.1) is 10.2 Å². The molecular weight excluding hydrogens is 377 g/mol. The zero-order valence-corrected chi connectivity index (χ0v) is 14.9. The van der Waals surface area contributed by atoms with Crippen LogP contribution in [0.1, 0.15) is 41.9 Å². The Morgan fingerprint density at radius 1 is 1.21 bits per heavy atom. The van der Waals surface area contributed by atoms with Crippen LogP contribution in [0.15, 0.2) is 28.8 Å². The first kappa shape index (κ1) is 18.1. The molecule has 0 bridgehead atoms. The summed E-state index contributed by atoms with van der Waals surface area (Å²) in [5.41, 5.74) is 0.355. The fourth-order valence-corrected chi connectivity index (χ4v) is 3.07. The Bertz CT molecular complexity index is 1020. The first-order valence-electron chi connectivity index (χ1n) is 8.47. The number of rotatable bonds is 3. The van der Waals surface area contributed by atoms with Crippen LogP contribution in [0.25, 0.3) is 11.7 Å². The molecule has 1 amide bonds. The third-order valence-electron chi connectivity index (χ3n) is 4.55. The second-order valence-electron chi connectivity index (χ2n) is 6.53. The SMILES string of the molecule is CC1c2nnc(-c3nc(C(C)(F)F)no3)n2CCN1C(=O)c1ccc(F)cc1. The molecule has 1 unspecified atom stereocenters. The number of halogens is 3. The molecule has 2 aromatic heterocycles. The highest BCUT2D eigenvalue weighted by Gasteiger charge is 2.35. The minimum Gasteiger partial charge on any atom is -0.330 e. The van der Waals surface area contributed by atoms with E-state index in [0.717, 1.165) is 0 Å². The number of carbonyl (C=O) groups is 1. The van der Waals surface area contributed by atoms with Gasteiger partial charge in [0.15, 0.2) is 5.82 Å². The molecule has 1 atom stereocenters. The smallest absolute Gasteiger partial charge is 0.307 e. The van der Waals surface area contributed by atoms with Crippen LogP contribution in [0, 0.1) is 5.82 Å². The summed E-state index contributed by atoms with van der Waals surface area (Å²) in [5, 5.41) is 11.3. The van der Waals surface area contributed by atoms with Crippen molar-refractivity contribution < 1.29 is 22.5 Å². The number of aromatic nitrogens is 5. The number of carbonyl (C=O) groups excluding carboxylic acids is 1. The number of benzene rings is 1. The predicted octanol–water partition coefficient (Wildman–Crippen LogP) is 2.80. The summed E-state index contributed by atoms with van der Waals surface area (Å²) in [7, 11) is 0. The molecule has 0 aliphatic carbocycles. The third-order valence-corrected chi connectivity index (χ3v) is 4.55. The molecule has 146 valence electrons. The van der Waals surface area contributed by atoms with E-state index in [2.05, 4.69) is 20.3 Å². The molecule has 28 heavy (non-hydrogen) atoms. The number of nitrogens with zero attached hydrogens (tertiary/aromatic N) is 6. The van der Waals surface area contributed by atoms with Crippen molar-refractivity contribution in [3.05, 3.63) is 47.3 Å². The van der Waals surface area contributed by atoms with Crippen LogP contribution >= 0.6 is 0 Å². The summed E-state index contributed by atoms with van der Waals surface area (Å²) < 4.78 is 46.3. The van der Waals surface area contributed by atoms with Crippen LogP contribution < -0.4 is 0 Å². The van der Waals surface area contributed by atoms with E-state index in [1.165, 1.54) is 24.3 Å². The van der Waals surface area contributed by atoms with Crippen LogP contribution in [-0.4, -0.2) is 42.3 Å². The zero-order valence-electron chi connectivity index (χ0n) is 14.9. The first-order chi connectivity index (χ1) is 13.3. The van der Waals surface area contributed by atoms with Gasteiger partial charge in [0.05, 0.1) is 6.04 Å². The maximum Gasteiger partial charge on any atom is 0.307 e. The molecule has 1 aromatic carbocycles. The largest absolute Gasteiger partial charge is 0.330 e. The second-order valence-corrected chi connectivity index (χ2v) is 6.53. The Morgan fingerprint density at radius 3 is 2.57 bits per heavy atom. The number of hydrogen-bond acceptors (Lipinski definition) is 6. The van der Waals surface area contributed by atoms with Gasteiger partial charge in [0.25, 0.3) is 11.8 Å². The maximum absolute atomic E-state index is 13.3. The standard InChI is InChI=1S/C17H15F3N6O2/c1-9-12-22-23-13(14-21-16(24-28-14)17(2,19)20)26(12)8-7-25(9)15(27)10-3-5-11(18)6-4-10/h3-6,9H,7-8H2,1-2H3. The number of amides is 1. The Morgan fingerprint density at radius 2 is 1.93 bits per heavy atom. The van der Waals surface area contributed by atoms with Crippen molar-refractivity contribution in [2.45, 2.75) is 32.4 Å². The summed E-state index contributed by atoms with van der Waals surface area (Å²) in [5.74, 6) is -4.22. The lowest BCUT2D eigenvalue weighted by molar-refractivity contribution is 0.00558. The van der Waals surface area contributed by atoms with Gasteiger partial charge in [-0.05, 0) is 31.2 Å². The molecule has 0 spiro atoms. The molecule has 3 aromatic rings. The van der Waals surface area contributed by atoms with Crippen molar-refractivity contribution in [2.24, 2.45) is 0 Å². The van der Waals surface area contributed by atoms with Crippen LogP contribution in [0.3, 0.4) is 0 Å². The van der Waals surface area contributed by atoms with Crippen LogP contribution in [-0.2, 0) is 12.5 Å². The number of alkyl halides is 2. The molecule has 0 saturated heterocycles. The lowest BCUT2D eigenvalue weighted by Crippen LogP contribution is -2.41. The molecule has 0 N–H and O–H groups in total. The van der Waals surface area contributed by atoms with Gasteiger partial charge in [0.1, 0.15) is 5.82 Å². The molecule has 3 heterocycles. The van der Waals surface area contributed by atoms with E-state index in [9.17, 15) is 18.0 Å². The van der Waals surface area contributed by atoms with E-state index in [4.69, 9.17) is 4.52 Å². The van der Waals surface area contributed by atoms with E-state index in [-0.39, 0.29) is 17.6 Å². The van der Waals surface area contributed by atoms with Crippen molar-refractivity contribution >= 4 is 5.91 Å². The fraction of sp³-hybridized carbons (Fsp3) is 0.353. The Kier molecular flexibility index (Phi) is 4.16. The van der Waals surface area contributed by atoms with Gasteiger partial charge in [-0.25, -0.2) is 4.39 Å². The van der Waals surface area contributed by atoms with Crippen LogP contribution in [0.5, 0.6) is 0 Å². The van der Waals surface area contributed by atoms with Crippen LogP contribution in [0.2, 0.25) is 0 Å². The highest BCUT2D eigenvalue weighted by atomic mass is 19.3. The summed E-state index contributed by atoms with van der Waals surface area (Å²) in [6.07, 6.45) is 0. The highest BCUT2D eigenvalue weighted by Crippen LogP contribution is 2.30. The minimum atomic E-state index is -3.24. The van der Waals surface area contributed by atoms with E-state index >= 15 is 0 Å². The van der Waals surface area contributed by atoms with Gasteiger partial charge in [-0.3, -0.25) is 4.79 Å². The molecule has 1 aliphatic rings. The van der Waals surface area contributed by atoms with Crippen LogP contribution in [0.4, 0.5) is 13.2 Å². The van der Waals surface area contributed by atoms with E-state index in [1.807, 2.05) is 0 Å². The van der Waals surface area contributed by atoms with Gasteiger partial charge in [0.2, 0.25) is 11.6 Å². The highest BCUT2D eigenvalue weighted by molar-refractivity contribution is 5.94. The average Bonchev–Trinajstić information content (AvgIpc) is 3.29. The van der Waals surface area contributed by atoms with Gasteiger partial charge in [0, 0.05) is 25.6 Å². The summed E-state index contributed by atoms with van der Waals surface area (Å²) >= 11 is 0. The summed E-state index contributed by atoms with van der Waals surface area (Å²) in [6, 6.07) is 4.83. The van der Waals surface area contributed by atoms with Gasteiger partial charge < -0.3 is 14.0 Å².